The molecule has 0 heterocycles. The second kappa shape index (κ2) is 6.79. The second-order valence-electron chi connectivity index (χ2n) is 4.12. The summed E-state index contributed by atoms with van der Waals surface area (Å²) in [5.74, 6) is 0.217. The molecule has 0 aromatic heterocycles. The lowest BCUT2D eigenvalue weighted by molar-refractivity contribution is -0.122. The Balaban J connectivity index is 3.79. The number of hydrogen-bond donors (Lipinski definition) is 3. The van der Waals surface area contributed by atoms with Crippen molar-refractivity contribution in [3.63, 3.8) is 0 Å². The summed E-state index contributed by atoms with van der Waals surface area (Å²) in [5.41, 5.74) is 5.53. The molecule has 0 aliphatic carbocycles. The Kier molecular flexibility index (Phi) is 6.49. The molecule has 0 aromatic rings. The topological polar surface area (TPSA) is 75.4 Å². The van der Waals surface area contributed by atoms with E-state index in [-0.39, 0.29) is 30.5 Å². The molecular formula is C10H22N2O2. The van der Waals surface area contributed by atoms with Crippen LogP contribution in [0.15, 0.2) is 0 Å². The fraction of sp³-hybridized carbons (Fsp3) is 0.900. The zero-order valence-corrected chi connectivity index (χ0v) is 9.29. The summed E-state index contributed by atoms with van der Waals surface area (Å²) in [6, 6.07) is -0.0945. The van der Waals surface area contributed by atoms with Crippen molar-refractivity contribution < 1.29 is 9.90 Å². The second-order valence-corrected chi connectivity index (χ2v) is 4.12. The van der Waals surface area contributed by atoms with E-state index in [2.05, 4.69) is 5.32 Å². The molecule has 0 fully saturated rings. The van der Waals surface area contributed by atoms with Crippen molar-refractivity contribution in [1.29, 1.82) is 0 Å². The number of aliphatic hydroxyl groups is 1. The van der Waals surface area contributed by atoms with Crippen molar-refractivity contribution >= 4 is 5.91 Å². The number of hydrogen-bond acceptors (Lipinski definition) is 3. The Morgan fingerprint density at radius 1 is 1.43 bits per heavy atom. The lowest BCUT2D eigenvalue weighted by Crippen LogP contribution is -2.41. The molecule has 4 N–H and O–H groups in total. The summed E-state index contributed by atoms with van der Waals surface area (Å²) in [5, 5.41) is 11.8. The van der Waals surface area contributed by atoms with Gasteiger partial charge in [0.1, 0.15) is 0 Å². The van der Waals surface area contributed by atoms with Crippen LogP contribution in [0.3, 0.4) is 0 Å². The largest absolute Gasteiger partial charge is 0.394 e. The zero-order chi connectivity index (χ0) is 11.1. The van der Waals surface area contributed by atoms with Gasteiger partial charge in [0.2, 0.25) is 5.91 Å². The van der Waals surface area contributed by atoms with E-state index in [0.29, 0.717) is 12.8 Å². The molecule has 0 rings (SSSR count). The van der Waals surface area contributed by atoms with Gasteiger partial charge in [0, 0.05) is 12.5 Å². The number of rotatable bonds is 6. The summed E-state index contributed by atoms with van der Waals surface area (Å²) in [4.78, 5) is 11.3. The summed E-state index contributed by atoms with van der Waals surface area (Å²) in [6.07, 6.45) is 1.11. The molecule has 0 saturated heterocycles. The van der Waals surface area contributed by atoms with Crippen molar-refractivity contribution in [3.8, 4) is 0 Å². The van der Waals surface area contributed by atoms with Crippen molar-refractivity contribution in [2.24, 2.45) is 11.7 Å². The van der Waals surface area contributed by atoms with Gasteiger partial charge in [-0.15, -0.1) is 0 Å². The van der Waals surface area contributed by atoms with Gasteiger partial charge >= 0.3 is 0 Å². The quantitative estimate of drug-likeness (QED) is 0.578. The molecule has 0 spiro atoms. The van der Waals surface area contributed by atoms with E-state index in [0.717, 1.165) is 0 Å². The minimum Gasteiger partial charge on any atom is -0.394 e. The highest BCUT2D eigenvalue weighted by atomic mass is 16.3. The van der Waals surface area contributed by atoms with E-state index in [4.69, 9.17) is 10.8 Å². The minimum absolute atomic E-state index is 0.0123. The smallest absolute Gasteiger partial charge is 0.220 e. The maximum Gasteiger partial charge on any atom is 0.220 e. The molecule has 0 aliphatic rings. The molecule has 84 valence electrons. The van der Waals surface area contributed by atoms with E-state index in [1.807, 2.05) is 20.8 Å². The number of nitrogens with one attached hydrogen (secondary N) is 1. The molecule has 2 atom stereocenters. The van der Waals surface area contributed by atoms with Gasteiger partial charge in [0.15, 0.2) is 0 Å². The summed E-state index contributed by atoms with van der Waals surface area (Å²) < 4.78 is 0. The van der Waals surface area contributed by atoms with Crippen LogP contribution in [0.25, 0.3) is 0 Å². The Morgan fingerprint density at radius 2 is 2.00 bits per heavy atom. The highest BCUT2D eigenvalue weighted by Gasteiger charge is 2.14. The Morgan fingerprint density at radius 3 is 2.36 bits per heavy atom. The average molecular weight is 202 g/mol. The fourth-order valence-electron chi connectivity index (χ4n) is 1.06. The number of carbonyl (C=O) groups is 1. The van der Waals surface area contributed by atoms with Crippen LogP contribution in [0.1, 0.15) is 33.6 Å². The van der Waals surface area contributed by atoms with Crippen LogP contribution in [-0.4, -0.2) is 29.7 Å². The van der Waals surface area contributed by atoms with Gasteiger partial charge in [-0.1, -0.05) is 13.8 Å². The third kappa shape index (κ3) is 5.94. The third-order valence-corrected chi connectivity index (χ3v) is 2.17. The lowest BCUT2D eigenvalue weighted by Gasteiger charge is -2.20. The van der Waals surface area contributed by atoms with Gasteiger partial charge < -0.3 is 16.2 Å². The van der Waals surface area contributed by atoms with Crippen LogP contribution in [0.5, 0.6) is 0 Å². The number of nitrogens with two attached hydrogens (primary N) is 1. The maximum absolute atomic E-state index is 11.3. The highest BCUT2D eigenvalue weighted by molar-refractivity contribution is 5.76. The van der Waals surface area contributed by atoms with Crippen LogP contribution in [-0.2, 0) is 4.79 Å². The molecule has 0 aliphatic heterocycles. The van der Waals surface area contributed by atoms with Crippen LogP contribution in [0.4, 0.5) is 0 Å². The zero-order valence-electron chi connectivity index (χ0n) is 9.29. The van der Waals surface area contributed by atoms with Crippen molar-refractivity contribution in [3.05, 3.63) is 0 Å². The van der Waals surface area contributed by atoms with Gasteiger partial charge in [0.25, 0.3) is 0 Å². The van der Waals surface area contributed by atoms with Crippen molar-refractivity contribution in [1.82, 2.24) is 5.32 Å². The van der Waals surface area contributed by atoms with Gasteiger partial charge in [-0.2, -0.15) is 0 Å². The third-order valence-electron chi connectivity index (χ3n) is 2.17. The molecule has 4 nitrogen and oxygen atoms in total. The molecule has 0 aromatic carbocycles. The van der Waals surface area contributed by atoms with Gasteiger partial charge in [0.05, 0.1) is 12.6 Å². The highest BCUT2D eigenvalue weighted by Crippen LogP contribution is 2.01. The van der Waals surface area contributed by atoms with E-state index in [9.17, 15) is 4.79 Å². The monoisotopic (exact) mass is 202 g/mol. The van der Waals surface area contributed by atoms with E-state index >= 15 is 0 Å². The van der Waals surface area contributed by atoms with Crippen LogP contribution < -0.4 is 11.1 Å². The standard InChI is InChI=1S/C10H22N2O2/c1-7(2)9(6-13)12-10(14)5-4-8(3)11/h7-9,13H,4-6,11H2,1-3H3,(H,12,14)/t8?,9-/m1/s1. The molecule has 1 unspecified atom stereocenters. The molecule has 0 saturated carbocycles. The summed E-state index contributed by atoms with van der Waals surface area (Å²) >= 11 is 0. The lowest BCUT2D eigenvalue weighted by atomic mass is 10.0. The van der Waals surface area contributed by atoms with Crippen LogP contribution >= 0.6 is 0 Å². The summed E-state index contributed by atoms with van der Waals surface area (Å²) in [7, 11) is 0. The van der Waals surface area contributed by atoms with E-state index in [1.54, 1.807) is 0 Å². The van der Waals surface area contributed by atoms with Gasteiger partial charge in [-0.3, -0.25) is 4.79 Å². The van der Waals surface area contributed by atoms with Crippen molar-refractivity contribution in [2.45, 2.75) is 45.7 Å². The van der Waals surface area contributed by atoms with E-state index in [1.165, 1.54) is 0 Å². The SMILES string of the molecule is CC(N)CCC(=O)N[C@H](CO)C(C)C. The molecule has 14 heavy (non-hydrogen) atoms. The molecular weight excluding hydrogens is 180 g/mol. The van der Waals surface area contributed by atoms with Crippen LogP contribution in [0.2, 0.25) is 0 Å². The first-order chi connectivity index (χ1) is 6.47. The molecule has 1 amide bonds. The maximum atomic E-state index is 11.3. The number of amides is 1. The van der Waals surface area contributed by atoms with E-state index < -0.39 is 0 Å². The normalized spacial score (nSPS) is 15.3. The first-order valence-electron chi connectivity index (χ1n) is 5.13. The first kappa shape index (κ1) is 13.4. The first-order valence-corrected chi connectivity index (χ1v) is 5.13. The molecule has 4 heteroatoms. The predicted molar refractivity (Wildman–Crippen MR) is 56.7 cm³/mol. The average Bonchev–Trinajstić information content (AvgIpc) is 2.10. The minimum atomic E-state index is -0.143. The number of aliphatic hydroxyl groups excluding tert-OH is 1. The molecule has 0 bridgehead atoms. The van der Waals surface area contributed by atoms with Gasteiger partial charge in [-0.05, 0) is 19.3 Å². The Labute approximate surface area is 85.9 Å². The molecule has 0 radical (unpaired) electrons. The van der Waals surface area contributed by atoms with Crippen LogP contribution in [0, 0.1) is 5.92 Å². The predicted octanol–water partition coefficient (Wildman–Crippen LogP) is 0.247. The fourth-order valence-corrected chi connectivity index (χ4v) is 1.06. The van der Waals surface area contributed by atoms with Crippen molar-refractivity contribution in [2.75, 3.05) is 6.61 Å². The Hall–Kier alpha value is -0.610. The summed E-state index contributed by atoms with van der Waals surface area (Å²) in [6.45, 7) is 5.79. The number of carbonyl (C=O) groups excluding carboxylic acids is 1. The Bertz CT molecular complexity index is 170. The van der Waals surface area contributed by atoms with Gasteiger partial charge in [-0.25, -0.2) is 0 Å².